The van der Waals surface area contributed by atoms with Crippen LogP contribution in [0.15, 0.2) is 0 Å². The maximum atomic E-state index is 11.6. The van der Waals surface area contributed by atoms with Crippen molar-refractivity contribution in [1.82, 2.24) is 5.32 Å². The molecule has 0 rings (SSSR count). The molecule has 0 spiro atoms. The van der Waals surface area contributed by atoms with Crippen LogP contribution in [-0.2, 0) is 14.4 Å². The van der Waals surface area contributed by atoms with E-state index in [2.05, 4.69) is 5.32 Å². The summed E-state index contributed by atoms with van der Waals surface area (Å²) in [5.74, 6) is -3.08. The Morgan fingerprint density at radius 2 is 1.57 bits per heavy atom. The summed E-state index contributed by atoms with van der Waals surface area (Å²) in [6.07, 6.45) is -0.703. The van der Waals surface area contributed by atoms with Gasteiger partial charge in [0.1, 0.15) is 10.8 Å². The van der Waals surface area contributed by atoms with Crippen molar-refractivity contribution >= 4 is 29.6 Å². The van der Waals surface area contributed by atoms with Crippen LogP contribution in [0, 0.1) is 0 Å². The predicted octanol–water partition coefficient (Wildman–Crippen LogP) is -2.13. The zero-order valence-corrected chi connectivity index (χ0v) is 12.0. The summed E-state index contributed by atoms with van der Waals surface area (Å²) in [7, 11) is 0. The standard InChI is InChI=1S/C11H19NO8S/c13-4-11(5-14,6-15)12-8(16)1-2-21-7(10(19)20)3-9(17)18/h7,13-15H,1-6H2,(H,12,16)(H,17,18)(H,19,20). The summed E-state index contributed by atoms with van der Waals surface area (Å²) < 4.78 is 0. The van der Waals surface area contributed by atoms with E-state index in [-0.39, 0.29) is 12.2 Å². The van der Waals surface area contributed by atoms with E-state index in [1.54, 1.807) is 0 Å². The molecule has 6 N–H and O–H groups in total. The first-order chi connectivity index (χ1) is 9.80. The Morgan fingerprint density at radius 3 is 1.95 bits per heavy atom. The number of aliphatic hydroxyl groups excluding tert-OH is 3. The molecule has 9 nitrogen and oxygen atoms in total. The van der Waals surface area contributed by atoms with Crippen LogP contribution in [0.1, 0.15) is 12.8 Å². The molecule has 0 fully saturated rings. The van der Waals surface area contributed by atoms with E-state index in [4.69, 9.17) is 25.5 Å². The Labute approximate surface area is 125 Å². The average Bonchev–Trinajstić information content (AvgIpc) is 2.43. The number of carboxylic acids is 2. The van der Waals surface area contributed by atoms with Gasteiger partial charge in [-0.15, -0.1) is 11.8 Å². The predicted molar refractivity (Wildman–Crippen MR) is 72.9 cm³/mol. The number of rotatable bonds is 11. The highest BCUT2D eigenvalue weighted by Gasteiger charge is 2.30. The maximum absolute atomic E-state index is 11.6. The lowest BCUT2D eigenvalue weighted by Crippen LogP contribution is -2.57. The van der Waals surface area contributed by atoms with Crippen molar-refractivity contribution in [3.63, 3.8) is 0 Å². The van der Waals surface area contributed by atoms with Gasteiger partial charge in [0.25, 0.3) is 0 Å². The van der Waals surface area contributed by atoms with Crippen LogP contribution in [0.5, 0.6) is 0 Å². The third kappa shape index (κ3) is 7.27. The summed E-state index contributed by atoms with van der Waals surface area (Å²) in [5.41, 5.74) is -1.53. The van der Waals surface area contributed by atoms with E-state index < -0.39 is 54.9 Å². The lowest BCUT2D eigenvalue weighted by Gasteiger charge is -2.28. The van der Waals surface area contributed by atoms with E-state index in [1.807, 2.05) is 0 Å². The van der Waals surface area contributed by atoms with Gasteiger partial charge in [0.15, 0.2) is 0 Å². The van der Waals surface area contributed by atoms with Crippen molar-refractivity contribution < 1.29 is 39.9 Å². The van der Waals surface area contributed by atoms with Gasteiger partial charge in [0, 0.05) is 12.2 Å². The lowest BCUT2D eigenvalue weighted by molar-refractivity contribution is -0.142. The summed E-state index contributed by atoms with van der Waals surface area (Å²) in [4.78, 5) is 32.9. The second-order valence-corrected chi connectivity index (χ2v) is 5.66. The van der Waals surface area contributed by atoms with Gasteiger partial charge in [-0.3, -0.25) is 14.4 Å². The molecule has 0 saturated carbocycles. The van der Waals surface area contributed by atoms with Crippen LogP contribution < -0.4 is 5.32 Å². The smallest absolute Gasteiger partial charge is 0.317 e. The van der Waals surface area contributed by atoms with Crippen LogP contribution in [0.3, 0.4) is 0 Å². The van der Waals surface area contributed by atoms with Crippen molar-refractivity contribution in [2.45, 2.75) is 23.6 Å². The molecular formula is C11H19NO8S. The van der Waals surface area contributed by atoms with Crippen LogP contribution in [0.4, 0.5) is 0 Å². The Kier molecular flexibility index (Phi) is 8.93. The summed E-state index contributed by atoms with van der Waals surface area (Å²) in [6, 6.07) is 0. The van der Waals surface area contributed by atoms with Gasteiger partial charge in [-0.1, -0.05) is 0 Å². The second-order valence-electron chi connectivity index (χ2n) is 4.35. The van der Waals surface area contributed by atoms with Gasteiger partial charge in [-0.05, 0) is 0 Å². The summed E-state index contributed by atoms with van der Waals surface area (Å²) >= 11 is 0.806. The molecule has 1 unspecified atom stereocenters. The minimum Gasteiger partial charge on any atom is -0.481 e. The Balaban J connectivity index is 4.29. The molecule has 0 aromatic carbocycles. The highest BCUT2D eigenvalue weighted by Crippen LogP contribution is 2.16. The zero-order chi connectivity index (χ0) is 16.5. The van der Waals surface area contributed by atoms with E-state index in [0.717, 1.165) is 11.8 Å². The number of nitrogens with one attached hydrogen (secondary N) is 1. The molecule has 0 heterocycles. The first kappa shape index (κ1) is 19.6. The van der Waals surface area contributed by atoms with Crippen LogP contribution in [0.2, 0.25) is 0 Å². The molecule has 10 heteroatoms. The fourth-order valence-electron chi connectivity index (χ4n) is 1.30. The second kappa shape index (κ2) is 9.55. The number of carbonyl (C=O) groups excluding carboxylic acids is 1. The maximum Gasteiger partial charge on any atom is 0.317 e. The Morgan fingerprint density at radius 1 is 1.05 bits per heavy atom. The number of thioether (sulfide) groups is 1. The number of carbonyl (C=O) groups is 3. The minimum atomic E-state index is -1.53. The van der Waals surface area contributed by atoms with Gasteiger partial charge in [0.2, 0.25) is 5.91 Å². The molecule has 21 heavy (non-hydrogen) atoms. The third-order valence-corrected chi connectivity index (χ3v) is 3.81. The molecule has 0 aromatic heterocycles. The molecule has 0 radical (unpaired) electrons. The molecule has 0 saturated heterocycles. The van der Waals surface area contributed by atoms with Crippen LogP contribution in [0.25, 0.3) is 0 Å². The number of aliphatic carboxylic acids is 2. The molecule has 0 bridgehead atoms. The topological polar surface area (TPSA) is 164 Å². The first-order valence-electron chi connectivity index (χ1n) is 6.00. The fraction of sp³-hybridized carbons (Fsp3) is 0.727. The largest absolute Gasteiger partial charge is 0.481 e. The minimum absolute atomic E-state index is 0.0500. The molecule has 0 aliphatic carbocycles. The van der Waals surface area contributed by atoms with Gasteiger partial charge in [0.05, 0.1) is 26.2 Å². The van der Waals surface area contributed by atoms with E-state index in [1.165, 1.54) is 0 Å². The molecule has 0 aromatic rings. The van der Waals surface area contributed by atoms with Gasteiger partial charge >= 0.3 is 11.9 Å². The molecule has 0 aliphatic rings. The van der Waals surface area contributed by atoms with Crippen molar-refractivity contribution in [3.05, 3.63) is 0 Å². The number of hydrogen-bond acceptors (Lipinski definition) is 7. The lowest BCUT2D eigenvalue weighted by atomic mass is 10.0. The Bertz CT molecular complexity index is 363. The molecule has 122 valence electrons. The number of hydrogen-bond donors (Lipinski definition) is 6. The first-order valence-corrected chi connectivity index (χ1v) is 7.05. The zero-order valence-electron chi connectivity index (χ0n) is 11.2. The Hall–Kier alpha value is -1.36. The van der Waals surface area contributed by atoms with E-state index >= 15 is 0 Å². The fourth-order valence-corrected chi connectivity index (χ4v) is 2.29. The van der Waals surface area contributed by atoms with Gasteiger partial charge in [-0.2, -0.15) is 0 Å². The van der Waals surface area contributed by atoms with Crippen LogP contribution in [-0.4, -0.2) is 79.7 Å². The number of amides is 1. The monoisotopic (exact) mass is 325 g/mol. The summed E-state index contributed by atoms with van der Waals surface area (Å²) in [5, 5.41) is 45.5. The SMILES string of the molecule is O=C(O)CC(SCCC(=O)NC(CO)(CO)CO)C(=O)O. The highest BCUT2D eigenvalue weighted by molar-refractivity contribution is 8.00. The third-order valence-electron chi connectivity index (χ3n) is 2.60. The quantitative estimate of drug-likeness (QED) is 0.249. The highest BCUT2D eigenvalue weighted by atomic mass is 32.2. The molecule has 0 aliphatic heterocycles. The molecule has 1 atom stereocenters. The van der Waals surface area contributed by atoms with Crippen molar-refractivity contribution in [2.24, 2.45) is 0 Å². The number of carboxylic acid groups (broad SMARTS) is 2. The van der Waals surface area contributed by atoms with E-state index in [9.17, 15) is 14.4 Å². The molecular weight excluding hydrogens is 306 g/mol. The van der Waals surface area contributed by atoms with Crippen LogP contribution >= 0.6 is 11.8 Å². The summed E-state index contributed by atoms with van der Waals surface area (Å²) in [6.45, 7) is -1.97. The van der Waals surface area contributed by atoms with Crippen molar-refractivity contribution in [2.75, 3.05) is 25.6 Å². The van der Waals surface area contributed by atoms with Crippen molar-refractivity contribution in [3.8, 4) is 0 Å². The number of aliphatic hydroxyl groups is 3. The van der Waals surface area contributed by atoms with Crippen molar-refractivity contribution in [1.29, 1.82) is 0 Å². The van der Waals surface area contributed by atoms with Gasteiger partial charge in [-0.25, -0.2) is 0 Å². The molecule has 1 amide bonds. The normalized spacial score (nSPS) is 12.7. The average molecular weight is 325 g/mol. The van der Waals surface area contributed by atoms with E-state index in [0.29, 0.717) is 0 Å². The van der Waals surface area contributed by atoms with Gasteiger partial charge < -0.3 is 30.8 Å².